The van der Waals surface area contributed by atoms with E-state index in [1.807, 2.05) is 6.20 Å². The molecule has 0 spiro atoms. The minimum absolute atomic E-state index is 1.02. The van der Waals surface area contributed by atoms with E-state index < -0.39 is 0 Å². The molecule has 4 nitrogen and oxygen atoms in total. The standard InChI is InChI=1S/C11H20N4/c1-14(9-11-2-3-13-8-11)10-15-6-4-12-5-7-15/h2-3,8,12-13H,4-7,9-10H2,1H3. The molecule has 0 amide bonds. The Kier molecular flexibility index (Phi) is 3.77. The third-order valence-corrected chi connectivity index (χ3v) is 2.77. The van der Waals surface area contributed by atoms with Crippen LogP contribution in [0, 0.1) is 0 Å². The normalized spacial score (nSPS) is 18.5. The van der Waals surface area contributed by atoms with Gasteiger partial charge in [-0.15, -0.1) is 0 Å². The van der Waals surface area contributed by atoms with Crippen molar-refractivity contribution in [3.63, 3.8) is 0 Å². The first-order chi connectivity index (χ1) is 7.34. The van der Waals surface area contributed by atoms with E-state index in [-0.39, 0.29) is 0 Å². The van der Waals surface area contributed by atoms with Crippen LogP contribution in [-0.4, -0.2) is 54.7 Å². The van der Waals surface area contributed by atoms with Gasteiger partial charge in [-0.2, -0.15) is 0 Å². The largest absolute Gasteiger partial charge is 0.367 e. The van der Waals surface area contributed by atoms with Gasteiger partial charge >= 0.3 is 0 Å². The number of hydrogen-bond donors (Lipinski definition) is 2. The molecular weight excluding hydrogens is 188 g/mol. The third kappa shape index (κ3) is 3.34. The van der Waals surface area contributed by atoms with Gasteiger partial charge in [0.05, 0.1) is 6.67 Å². The second-order valence-corrected chi connectivity index (χ2v) is 4.24. The highest BCUT2D eigenvalue weighted by Crippen LogP contribution is 2.02. The highest BCUT2D eigenvalue weighted by Gasteiger charge is 2.11. The highest BCUT2D eigenvalue weighted by molar-refractivity contribution is 5.07. The topological polar surface area (TPSA) is 34.3 Å². The maximum absolute atomic E-state index is 3.37. The summed E-state index contributed by atoms with van der Waals surface area (Å²) in [6.45, 7) is 6.66. The summed E-state index contributed by atoms with van der Waals surface area (Å²) in [6, 6.07) is 2.13. The first-order valence-corrected chi connectivity index (χ1v) is 5.58. The van der Waals surface area contributed by atoms with E-state index in [9.17, 15) is 0 Å². The van der Waals surface area contributed by atoms with Crippen molar-refractivity contribution >= 4 is 0 Å². The number of hydrogen-bond acceptors (Lipinski definition) is 3. The third-order valence-electron chi connectivity index (χ3n) is 2.77. The molecule has 1 aliphatic heterocycles. The number of rotatable bonds is 4. The summed E-state index contributed by atoms with van der Waals surface area (Å²) in [5.74, 6) is 0. The van der Waals surface area contributed by atoms with E-state index in [1.54, 1.807) is 0 Å². The van der Waals surface area contributed by atoms with Crippen molar-refractivity contribution in [2.75, 3.05) is 39.9 Å². The average Bonchev–Trinajstić information content (AvgIpc) is 2.71. The molecule has 0 radical (unpaired) electrons. The first kappa shape index (κ1) is 10.7. The zero-order chi connectivity index (χ0) is 10.5. The molecule has 15 heavy (non-hydrogen) atoms. The minimum Gasteiger partial charge on any atom is -0.367 e. The summed E-state index contributed by atoms with van der Waals surface area (Å²) < 4.78 is 0. The number of aromatic nitrogens is 1. The van der Waals surface area contributed by atoms with Gasteiger partial charge in [0.25, 0.3) is 0 Å². The van der Waals surface area contributed by atoms with Gasteiger partial charge in [-0.25, -0.2) is 0 Å². The lowest BCUT2D eigenvalue weighted by Gasteiger charge is -2.31. The Balaban J connectivity index is 1.74. The molecule has 0 aromatic carbocycles. The minimum atomic E-state index is 1.02. The molecule has 0 aliphatic carbocycles. The molecule has 1 aliphatic rings. The number of aromatic amines is 1. The summed E-state index contributed by atoms with van der Waals surface area (Å²) >= 11 is 0. The Morgan fingerprint density at radius 2 is 2.20 bits per heavy atom. The first-order valence-electron chi connectivity index (χ1n) is 5.58. The van der Waals surface area contributed by atoms with Gasteiger partial charge in [0.2, 0.25) is 0 Å². The molecule has 0 unspecified atom stereocenters. The van der Waals surface area contributed by atoms with Crippen molar-refractivity contribution in [1.82, 2.24) is 20.1 Å². The van der Waals surface area contributed by atoms with Crippen LogP contribution in [0.5, 0.6) is 0 Å². The zero-order valence-electron chi connectivity index (χ0n) is 9.37. The van der Waals surface area contributed by atoms with Gasteiger partial charge in [-0.1, -0.05) is 0 Å². The lowest BCUT2D eigenvalue weighted by Crippen LogP contribution is -2.47. The van der Waals surface area contributed by atoms with Crippen LogP contribution in [-0.2, 0) is 6.54 Å². The second kappa shape index (κ2) is 5.30. The van der Waals surface area contributed by atoms with Crippen molar-refractivity contribution in [3.8, 4) is 0 Å². The fourth-order valence-electron chi connectivity index (χ4n) is 2.01. The van der Waals surface area contributed by atoms with Gasteiger partial charge in [-0.05, 0) is 18.7 Å². The Morgan fingerprint density at radius 1 is 1.40 bits per heavy atom. The van der Waals surface area contributed by atoms with Crippen LogP contribution in [0.25, 0.3) is 0 Å². The van der Waals surface area contributed by atoms with E-state index in [2.05, 4.69) is 39.4 Å². The molecule has 2 N–H and O–H groups in total. The maximum Gasteiger partial charge on any atom is 0.0507 e. The quantitative estimate of drug-likeness (QED) is 0.747. The summed E-state index contributed by atoms with van der Waals surface area (Å²) in [5.41, 5.74) is 1.35. The van der Waals surface area contributed by atoms with Crippen LogP contribution >= 0.6 is 0 Å². The molecule has 1 aromatic heterocycles. The van der Waals surface area contributed by atoms with Crippen LogP contribution in [0.15, 0.2) is 18.5 Å². The average molecular weight is 208 g/mol. The molecular formula is C11H20N4. The van der Waals surface area contributed by atoms with Crippen LogP contribution in [0.1, 0.15) is 5.56 Å². The van der Waals surface area contributed by atoms with Gasteiger partial charge < -0.3 is 10.3 Å². The SMILES string of the molecule is CN(Cc1cc[nH]c1)CN1CCNCC1. The zero-order valence-corrected chi connectivity index (χ0v) is 9.37. The Morgan fingerprint density at radius 3 is 2.87 bits per heavy atom. The van der Waals surface area contributed by atoms with Crippen LogP contribution < -0.4 is 5.32 Å². The van der Waals surface area contributed by atoms with Crippen molar-refractivity contribution in [3.05, 3.63) is 24.0 Å². The summed E-state index contributed by atoms with van der Waals surface area (Å²) in [6.07, 6.45) is 4.04. The van der Waals surface area contributed by atoms with Crippen LogP contribution in [0.2, 0.25) is 0 Å². The lowest BCUT2D eigenvalue weighted by atomic mass is 10.3. The van der Waals surface area contributed by atoms with E-state index in [4.69, 9.17) is 0 Å². The molecule has 2 heterocycles. The van der Waals surface area contributed by atoms with Gasteiger partial charge in [0.15, 0.2) is 0 Å². The van der Waals surface area contributed by atoms with Crippen LogP contribution in [0.4, 0.5) is 0 Å². The number of H-pyrrole nitrogens is 1. The molecule has 2 rings (SSSR count). The molecule has 0 saturated carbocycles. The second-order valence-electron chi connectivity index (χ2n) is 4.24. The highest BCUT2D eigenvalue weighted by atomic mass is 15.3. The number of nitrogens with one attached hydrogen (secondary N) is 2. The Hall–Kier alpha value is -0.840. The van der Waals surface area contributed by atoms with Gasteiger partial charge in [0.1, 0.15) is 0 Å². The monoisotopic (exact) mass is 208 g/mol. The van der Waals surface area contributed by atoms with Crippen molar-refractivity contribution in [2.24, 2.45) is 0 Å². The number of nitrogens with zero attached hydrogens (tertiary/aromatic N) is 2. The molecule has 1 fully saturated rings. The predicted octanol–water partition coefficient (Wildman–Crippen LogP) is 0.309. The van der Waals surface area contributed by atoms with Gasteiger partial charge in [-0.3, -0.25) is 9.80 Å². The maximum atomic E-state index is 3.37. The Labute approximate surface area is 91.3 Å². The van der Waals surface area contributed by atoms with Gasteiger partial charge in [0, 0.05) is 45.1 Å². The smallest absolute Gasteiger partial charge is 0.0507 e. The fraction of sp³-hybridized carbons (Fsp3) is 0.636. The van der Waals surface area contributed by atoms with Crippen molar-refractivity contribution < 1.29 is 0 Å². The predicted molar refractivity (Wildman–Crippen MR) is 61.6 cm³/mol. The van der Waals surface area contributed by atoms with E-state index in [0.29, 0.717) is 0 Å². The van der Waals surface area contributed by atoms with E-state index in [0.717, 1.165) is 39.4 Å². The fourth-order valence-corrected chi connectivity index (χ4v) is 2.01. The summed E-state index contributed by atoms with van der Waals surface area (Å²) in [4.78, 5) is 7.93. The van der Waals surface area contributed by atoms with Crippen molar-refractivity contribution in [2.45, 2.75) is 6.54 Å². The molecule has 84 valence electrons. The Bertz CT molecular complexity index is 264. The van der Waals surface area contributed by atoms with Crippen LogP contribution in [0.3, 0.4) is 0 Å². The molecule has 1 aromatic rings. The summed E-state index contributed by atoms with van der Waals surface area (Å²) in [7, 11) is 2.18. The molecule has 1 saturated heterocycles. The lowest BCUT2D eigenvalue weighted by molar-refractivity contribution is 0.135. The van der Waals surface area contributed by atoms with E-state index in [1.165, 1.54) is 5.56 Å². The van der Waals surface area contributed by atoms with E-state index >= 15 is 0 Å². The van der Waals surface area contributed by atoms with Crippen molar-refractivity contribution in [1.29, 1.82) is 0 Å². The molecule has 4 heteroatoms. The number of piperazine rings is 1. The molecule has 0 bridgehead atoms. The molecule has 0 atom stereocenters. The summed E-state index contributed by atoms with van der Waals surface area (Å²) in [5, 5.41) is 3.37.